The normalized spacial score (nSPS) is 10.6. The number of carbonyl (C=O) groups is 1. The summed E-state index contributed by atoms with van der Waals surface area (Å²) in [6.07, 6.45) is -2.44. The molecule has 0 amide bonds. The van der Waals surface area contributed by atoms with Crippen molar-refractivity contribution in [3.05, 3.63) is 28.8 Å². The van der Waals surface area contributed by atoms with Crippen molar-refractivity contribution in [3.8, 4) is 0 Å². The molecule has 1 rings (SSSR count). The van der Waals surface area contributed by atoms with E-state index in [1.807, 2.05) is 0 Å². The predicted octanol–water partition coefficient (Wildman–Crippen LogP) is 2.84. The Morgan fingerprint density at radius 3 is 2.69 bits per heavy atom. The molecule has 1 heterocycles. The van der Waals surface area contributed by atoms with Crippen LogP contribution in [0.1, 0.15) is 28.0 Å². The molecule has 0 aliphatic heterocycles. The van der Waals surface area contributed by atoms with Crippen molar-refractivity contribution in [2.75, 3.05) is 7.11 Å². The van der Waals surface area contributed by atoms with Crippen molar-refractivity contribution in [2.24, 2.45) is 0 Å². The highest BCUT2D eigenvalue weighted by Crippen LogP contribution is 2.28. The van der Waals surface area contributed by atoms with E-state index >= 15 is 0 Å². The van der Waals surface area contributed by atoms with E-state index in [2.05, 4.69) is 25.7 Å². The van der Waals surface area contributed by atoms with Gasteiger partial charge in [-0.05, 0) is 0 Å². The summed E-state index contributed by atoms with van der Waals surface area (Å²) >= 11 is 2.98. The molecule has 0 aliphatic carbocycles. The van der Waals surface area contributed by atoms with Crippen molar-refractivity contribution in [2.45, 2.75) is 11.8 Å². The highest BCUT2D eigenvalue weighted by Gasteiger charge is 2.27. The Morgan fingerprint density at radius 2 is 2.25 bits per heavy atom. The van der Waals surface area contributed by atoms with E-state index in [1.54, 1.807) is 0 Å². The van der Waals surface area contributed by atoms with Gasteiger partial charge in [0.05, 0.1) is 30.1 Å². The lowest BCUT2D eigenvalue weighted by atomic mass is 10.1. The van der Waals surface area contributed by atoms with E-state index in [1.165, 1.54) is 0 Å². The molecule has 0 radical (unpaired) electrons. The second-order valence-corrected chi connectivity index (χ2v) is 3.33. The van der Waals surface area contributed by atoms with Crippen LogP contribution in [0.2, 0.25) is 0 Å². The molecule has 0 atom stereocenters. The minimum Gasteiger partial charge on any atom is -0.465 e. The molecule has 7 heteroatoms. The monoisotopic (exact) mass is 297 g/mol. The predicted molar refractivity (Wildman–Crippen MR) is 53.1 cm³/mol. The highest BCUT2D eigenvalue weighted by atomic mass is 79.9. The molecule has 0 spiro atoms. The van der Waals surface area contributed by atoms with Crippen LogP contribution in [0.3, 0.4) is 0 Å². The lowest BCUT2D eigenvalue weighted by molar-refractivity contribution is 0.0585. The number of pyridine rings is 1. The van der Waals surface area contributed by atoms with Crippen LogP contribution in [-0.2, 0) is 10.1 Å². The number of alkyl halides is 3. The highest BCUT2D eigenvalue weighted by molar-refractivity contribution is 9.08. The molecule has 1 aromatic heterocycles. The van der Waals surface area contributed by atoms with Gasteiger partial charge in [0.15, 0.2) is 5.82 Å². The van der Waals surface area contributed by atoms with Gasteiger partial charge in [0, 0.05) is 5.33 Å². The Bertz CT molecular complexity index is 412. The third-order valence-electron chi connectivity index (χ3n) is 1.88. The largest absolute Gasteiger partial charge is 0.465 e. The minimum atomic E-state index is -3.10. The zero-order chi connectivity index (χ0) is 12.3. The van der Waals surface area contributed by atoms with Crippen LogP contribution in [0.5, 0.6) is 0 Å². The first-order valence-corrected chi connectivity index (χ1v) is 5.24. The van der Waals surface area contributed by atoms with Crippen LogP contribution in [0, 0.1) is 5.82 Å². The first kappa shape index (κ1) is 13.0. The van der Waals surface area contributed by atoms with E-state index in [9.17, 15) is 18.0 Å². The zero-order valence-corrected chi connectivity index (χ0v) is 9.72. The zero-order valence-electron chi connectivity index (χ0n) is 8.14. The van der Waals surface area contributed by atoms with Gasteiger partial charge in [0.25, 0.3) is 6.43 Å². The summed E-state index contributed by atoms with van der Waals surface area (Å²) in [4.78, 5) is 14.8. The molecule has 0 saturated carbocycles. The van der Waals surface area contributed by atoms with E-state index < -0.39 is 29.3 Å². The maximum Gasteiger partial charge on any atom is 0.340 e. The third kappa shape index (κ3) is 2.34. The Morgan fingerprint density at radius 1 is 1.62 bits per heavy atom. The molecule has 0 bridgehead atoms. The van der Waals surface area contributed by atoms with Crippen molar-refractivity contribution in [1.29, 1.82) is 0 Å². The lowest BCUT2D eigenvalue weighted by Gasteiger charge is -2.10. The van der Waals surface area contributed by atoms with E-state index in [4.69, 9.17) is 0 Å². The molecule has 0 aliphatic rings. The van der Waals surface area contributed by atoms with Crippen molar-refractivity contribution in [1.82, 2.24) is 4.98 Å². The second kappa shape index (κ2) is 5.29. The Balaban J connectivity index is 3.48. The lowest BCUT2D eigenvalue weighted by Crippen LogP contribution is -2.13. The van der Waals surface area contributed by atoms with Crippen LogP contribution in [0.15, 0.2) is 6.20 Å². The molecule has 88 valence electrons. The fourth-order valence-electron chi connectivity index (χ4n) is 1.19. The van der Waals surface area contributed by atoms with E-state index in [0.29, 0.717) is 6.20 Å². The fourth-order valence-corrected chi connectivity index (χ4v) is 1.61. The quantitative estimate of drug-likeness (QED) is 0.636. The summed E-state index contributed by atoms with van der Waals surface area (Å²) in [5, 5.41) is 0.0530. The molecule has 0 unspecified atom stereocenters. The number of carbonyl (C=O) groups excluding carboxylic acids is 1. The van der Waals surface area contributed by atoms with Gasteiger partial charge in [0.2, 0.25) is 0 Å². The average molecular weight is 298 g/mol. The Labute approximate surface area is 97.8 Å². The SMILES string of the molecule is COC(=O)c1c(CBr)ncc(F)c1C(F)F. The van der Waals surface area contributed by atoms with E-state index in [-0.39, 0.29) is 11.0 Å². The topological polar surface area (TPSA) is 39.2 Å². The molecule has 0 saturated heterocycles. The molecule has 3 nitrogen and oxygen atoms in total. The van der Waals surface area contributed by atoms with Crippen LogP contribution >= 0.6 is 15.9 Å². The average Bonchev–Trinajstić information content (AvgIpc) is 2.27. The number of rotatable bonds is 3. The molecule has 0 aromatic carbocycles. The number of halogens is 4. The number of hydrogen-bond donors (Lipinski definition) is 0. The first-order chi connectivity index (χ1) is 7.52. The number of methoxy groups -OCH3 is 1. The van der Waals surface area contributed by atoms with Gasteiger partial charge in [0.1, 0.15) is 0 Å². The third-order valence-corrected chi connectivity index (χ3v) is 2.41. The summed E-state index contributed by atoms with van der Waals surface area (Å²) in [7, 11) is 1.03. The van der Waals surface area contributed by atoms with Crippen molar-refractivity contribution < 1.29 is 22.7 Å². The van der Waals surface area contributed by atoms with Crippen LogP contribution in [0.4, 0.5) is 13.2 Å². The molecular formula is C9H7BrF3NO2. The van der Waals surface area contributed by atoms with Crippen molar-refractivity contribution in [3.63, 3.8) is 0 Å². The van der Waals surface area contributed by atoms with Gasteiger partial charge in [-0.1, -0.05) is 15.9 Å². The summed E-state index contributed by atoms with van der Waals surface area (Å²) in [5.74, 6) is -2.25. The molecule has 0 N–H and O–H groups in total. The summed E-state index contributed by atoms with van der Waals surface area (Å²) < 4.78 is 42.7. The van der Waals surface area contributed by atoms with Gasteiger partial charge in [-0.2, -0.15) is 0 Å². The van der Waals surface area contributed by atoms with Gasteiger partial charge in [-0.25, -0.2) is 18.0 Å². The van der Waals surface area contributed by atoms with Crippen LogP contribution in [-0.4, -0.2) is 18.1 Å². The number of nitrogens with zero attached hydrogens (tertiary/aromatic N) is 1. The smallest absolute Gasteiger partial charge is 0.340 e. The summed E-state index contributed by atoms with van der Waals surface area (Å²) in [6.45, 7) is 0. The maximum absolute atomic E-state index is 13.1. The number of esters is 1. The summed E-state index contributed by atoms with van der Waals surface area (Å²) in [6, 6.07) is 0. The molecular weight excluding hydrogens is 291 g/mol. The number of aromatic nitrogens is 1. The molecule has 16 heavy (non-hydrogen) atoms. The van der Waals surface area contributed by atoms with Gasteiger partial charge < -0.3 is 4.74 Å². The standard InChI is InChI=1S/C9H7BrF3NO2/c1-16-9(15)7-5(2-10)14-3-4(11)6(7)8(12)13/h3,8H,2H2,1H3. The molecule has 1 aromatic rings. The number of hydrogen-bond acceptors (Lipinski definition) is 3. The Kier molecular flexibility index (Phi) is 4.28. The maximum atomic E-state index is 13.1. The minimum absolute atomic E-state index is 0.0172. The first-order valence-electron chi connectivity index (χ1n) is 4.12. The fraction of sp³-hybridized carbons (Fsp3) is 0.333. The number of ether oxygens (including phenoxy) is 1. The Hall–Kier alpha value is -1.11. The van der Waals surface area contributed by atoms with E-state index in [0.717, 1.165) is 7.11 Å². The van der Waals surface area contributed by atoms with Crippen LogP contribution in [0.25, 0.3) is 0 Å². The second-order valence-electron chi connectivity index (χ2n) is 2.77. The summed E-state index contributed by atoms with van der Waals surface area (Å²) in [5.41, 5.74) is -1.48. The molecule has 0 fully saturated rings. The van der Waals surface area contributed by atoms with Gasteiger partial charge in [-0.3, -0.25) is 4.98 Å². The van der Waals surface area contributed by atoms with Gasteiger partial charge in [-0.15, -0.1) is 0 Å². The van der Waals surface area contributed by atoms with Crippen LogP contribution < -0.4 is 0 Å². The van der Waals surface area contributed by atoms with Crippen molar-refractivity contribution >= 4 is 21.9 Å². The van der Waals surface area contributed by atoms with Gasteiger partial charge >= 0.3 is 5.97 Å².